The van der Waals surface area contributed by atoms with Gasteiger partial charge in [-0.15, -0.1) is 0 Å². The zero-order valence-corrected chi connectivity index (χ0v) is 7.66. The minimum Gasteiger partial charge on any atom is -0.508 e. The smallest absolute Gasteiger partial charge is 0.130 e. The number of hydrogen-bond acceptors (Lipinski definition) is 3. The van der Waals surface area contributed by atoms with Gasteiger partial charge in [0, 0.05) is 6.07 Å². The molecule has 0 radical (unpaired) electrons. The van der Waals surface area contributed by atoms with Gasteiger partial charge in [0.25, 0.3) is 0 Å². The number of aromatic hydroxyl groups is 2. The van der Waals surface area contributed by atoms with Crippen molar-refractivity contribution in [2.45, 2.75) is 6.92 Å². The molecule has 1 aromatic rings. The largest absolute Gasteiger partial charge is 0.508 e. The standard InChI is InChI=1S/C10H12O3/c1-6-4-8(11)5-9(12)10(6)7(2)13-3/h4-5,11-12H,2H2,1,3H3. The van der Waals surface area contributed by atoms with Crippen molar-refractivity contribution in [1.29, 1.82) is 0 Å². The van der Waals surface area contributed by atoms with Gasteiger partial charge in [0.05, 0.1) is 12.7 Å². The van der Waals surface area contributed by atoms with Gasteiger partial charge in [0.15, 0.2) is 0 Å². The van der Waals surface area contributed by atoms with E-state index in [2.05, 4.69) is 6.58 Å². The number of phenols is 2. The molecule has 13 heavy (non-hydrogen) atoms. The lowest BCUT2D eigenvalue weighted by Gasteiger charge is -2.10. The summed E-state index contributed by atoms with van der Waals surface area (Å²) in [5.74, 6) is 0.391. The van der Waals surface area contributed by atoms with Gasteiger partial charge in [-0.1, -0.05) is 6.58 Å². The van der Waals surface area contributed by atoms with E-state index in [1.54, 1.807) is 13.0 Å². The number of hydrogen-bond donors (Lipinski definition) is 2. The summed E-state index contributed by atoms with van der Waals surface area (Å²) < 4.78 is 4.90. The van der Waals surface area contributed by atoms with Gasteiger partial charge in [0.2, 0.25) is 0 Å². The first-order valence-corrected chi connectivity index (χ1v) is 3.82. The molecule has 0 spiro atoms. The molecule has 0 saturated heterocycles. The van der Waals surface area contributed by atoms with Crippen molar-refractivity contribution < 1.29 is 14.9 Å². The summed E-state index contributed by atoms with van der Waals surface area (Å²) in [6.45, 7) is 5.39. The molecule has 0 fully saturated rings. The van der Waals surface area contributed by atoms with Crippen molar-refractivity contribution in [3.05, 3.63) is 29.8 Å². The number of rotatable bonds is 2. The molecule has 1 rings (SSSR count). The van der Waals surface area contributed by atoms with Crippen LogP contribution in [0.2, 0.25) is 0 Å². The van der Waals surface area contributed by atoms with Crippen molar-refractivity contribution in [1.82, 2.24) is 0 Å². The summed E-state index contributed by atoms with van der Waals surface area (Å²) in [6, 6.07) is 2.80. The molecule has 70 valence electrons. The van der Waals surface area contributed by atoms with E-state index < -0.39 is 0 Å². The van der Waals surface area contributed by atoms with Crippen LogP contribution in [-0.2, 0) is 4.74 Å². The van der Waals surface area contributed by atoms with Crippen LogP contribution in [0.25, 0.3) is 5.76 Å². The predicted octanol–water partition coefficient (Wildman–Crippen LogP) is 2.02. The molecule has 2 N–H and O–H groups in total. The fraction of sp³-hybridized carbons (Fsp3) is 0.200. The number of ether oxygens (including phenoxy) is 1. The number of aryl methyl sites for hydroxylation is 1. The number of methoxy groups -OCH3 is 1. The van der Waals surface area contributed by atoms with Crippen LogP contribution in [0.15, 0.2) is 18.7 Å². The van der Waals surface area contributed by atoms with E-state index in [-0.39, 0.29) is 11.5 Å². The third kappa shape index (κ3) is 1.75. The molecule has 0 bridgehead atoms. The average molecular weight is 180 g/mol. The maximum Gasteiger partial charge on any atom is 0.130 e. The maximum atomic E-state index is 9.47. The lowest BCUT2D eigenvalue weighted by molar-refractivity contribution is 0.366. The van der Waals surface area contributed by atoms with Crippen LogP contribution in [0.5, 0.6) is 11.5 Å². The highest BCUT2D eigenvalue weighted by molar-refractivity contribution is 5.68. The summed E-state index contributed by atoms with van der Waals surface area (Å²) >= 11 is 0. The predicted molar refractivity (Wildman–Crippen MR) is 50.6 cm³/mol. The summed E-state index contributed by atoms with van der Waals surface area (Å²) in [7, 11) is 1.48. The van der Waals surface area contributed by atoms with E-state index in [1.165, 1.54) is 13.2 Å². The molecule has 0 aliphatic heterocycles. The summed E-state index contributed by atoms with van der Waals surface area (Å²) in [4.78, 5) is 0. The molecule has 0 aliphatic rings. The molecular formula is C10H12O3. The van der Waals surface area contributed by atoms with Crippen molar-refractivity contribution in [3.8, 4) is 11.5 Å². The lowest BCUT2D eigenvalue weighted by atomic mass is 10.1. The van der Waals surface area contributed by atoms with E-state index >= 15 is 0 Å². The first kappa shape index (κ1) is 9.45. The second kappa shape index (κ2) is 3.39. The Morgan fingerprint density at radius 3 is 2.46 bits per heavy atom. The van der Waals surface area contributed by atoms with Gasteiger partial charge in [-0.3, -0.25) is 0 Å². The zero-order chi connectivity index (χ0) is 10.0. The van der Waals surface area contributed by atoms with Crippen LogP contribution < -0.4 is 0 Å². The fourth-order valence-electron chi connectivity index (χ4n) is 1.21. The Labute approximate surface area is 76.9 Å². The molecule has 0 unspecified atom stereocenters. The number of phenolic OH excluding ortho intramolecular Hbond substituents is 2. The third-order valence-corrected chi connectivity index (χ3v) is 1.82. The SMILES string of the molecule is C=C(OC)c1c(C)cc(O)cc1O. The monoisotopic (exact) mass is 180 g/mol. The molecule has 0 atom stereocenters. The summed E-state index contributed by atoms with van der Waals surface area (Å²) in [5.41, 5.74) is 1.25. The topological polar surface area (TPSA) is 49.7 Å². The molecule has 0 aliphatic carbocycles. The number of benzene rings is 1. The van der Waals surface area contributed by atoms with Gasteiger partial charge < -0.3 is 14.9 Å². The van der Waals surface area contributed by atoms with Crippen LogP contribution in [-0.4, -0.2) is 17.3 Å². The van der Waals surface area contributed by atoms with Crippen molar-refractivity contribution >= 4 is 5.76 Å². The second-order valence-electron chi connectivity index (χ2n) is 2.78. The molecule has 3 nitrogen and oxygen atoms in total. The quantitative estimate of drug-likeness (QED) is 0.684. The highest BCUT2D eigenvalue weighted by atomic mass is 16.5. The van der Waals surface area contributed by atoms with Gasteiger partial charge in [-0.25, -0.2) is 0 Å². The summed E-state index contributed by atoms with van der Waals surface area (Å²) in [5, 5.41) is 18.6. The van der Waals surface area contributed by atoms with Crippen molar-refractivity contribution in [2.24, 2.45) is 0 Å². The van der Waals surface area contributed by atoms with E-state index in [1.807, 2.05) is 0 Å². The minimum absolute atomic E-state index is 0.0237. The van der Waals surface area contributed by atoms with E-state index in [0.29, 0.717) is 11.3 Å². The van der Waals surface area contributed by atoms with Crippen molar-refractivity contribution in [2.75, 3.05) is 7.11 Å². The second-order valence-corrected chi connectivity index (χ2v) is 2.78. The maximum absolute atomic E-state index is 9.47. The molecule has 0 amide bonds. The first-order chi connectivity index (χ1) is 6.06. The Morgan fingerprint density at radius 1 is 1.38 bits per heavy atom. The van der Waals surface area contributed by atoms with Gasteiger partial charge in [-0.05, 0) is 18.6 Å². The Bertz CT molecular complexity index is 319. The molecule has 0 saturated carbocycles. The molecule has 0 aromatic heterocycles. The molecular weight excluding hydrogens is 168 g/mol. The van der Waals surface area contributed by atoms with Crippen LogP contribution in [0, 0.1) is 6.92 Å². The summed E-state index contributed by atoms with van der Waals surface area (Å²) in [6.07, 6.45) is 0. The van der Waals surface area contributed by atoms with Crippen LogP contribution in [0.4, 0.5) is 0 Å². The molecule has 1 aromatic carbocycles. The highest BCUT2D eigenvalue weighted by Gasteiger charge is 2.10. The minimum atomic E-state index is -0.0237. The van der Waals surface area contributed by atoms with Gasteiger partial charge >= 0.3 is 0 Å². The van der Waals surface area contributed by atoms with Crippen LogP contribution in [0.1, 0.15) is 11.1 Å². The van der Waals surface area contributed by atoms with Crippen LogP contribution in [0.3, 0.4) is 0 Å². The lowest BCUT2D eigenvalue weighted by Crippen LogP contribution is -1.90. The van der Waals surface area contributed by atoms with E-state index in [9.17, 15) is 5.11 Å². The third-order valence-electron chi connectivity index (χ3n) is 1.82. The van der Waals surface area contributed by atoms with Crippen molar-refractivity contribution in [3.63, 3.8) is 0 Å². The fourth-order valence-corrected chi connectivity index (χ4v) is 1.21. The highest BCUT2D eigenvalue weighted by Crippen LogP contribution is 2.31. The van der Waals surface area contributed by atoms with E-state index in [4.69, 9.17) is 9.84 Å². The van der Waals surface area contributed by atoms with E-state index in [0.717, 1.165) is 5.56 Å². The van der Waals surface area contributed by atoms with Gasteiger partial charge in [-0.2, -0.15) is 0 Å². The molecule has 3 heteroatoms. The zero-order valence-electron chi connectivity index (χ0n) is 7.66. The Kier molecular flexibility index (Phi) is 2.46. The Hall–Kier alpha value is -1.64. The molecule has 0 heterocycles. The Balaban J connectivity index is 3.28. The van der Waals surface area contributed by atoms with Crippen LogP contribution >= 0.6 is 0 Å². The first-order valence-electron chi connectivity index (χ1n) is 3.82. The average Bonchev–Trinajstić information content (AvgIpc) is 2.02. The van der Waals surface area contributed by atoms with Gasteiger partial charge in [0.1, 0.15) is 17.3 Å². The normalized spacial score (nSPS) is 9.69. The Morgan fingerprint density at radius 2 is 2.00 bits per heavy atom.